The van der Waals surface area contributed by atoms with Crippen LogP contribution < -0.4 is 5.73 Å². The molecule has 0 aliphatic carbocycles. The first-order valence-electron chi connectivity index (χ1n) is 6.14. The van der Waals surface area contributed by atoms with Crippen LogP contribution in [-0.4, -0.2) is 36.5 Å². The second-order valence-corrected chi connectivity index (χ2v) is 4.61. The summed E-state index contributed by atoms with van der Waals surface area (Å²) in [6, 6.07) is 7.35. The van der Waals surface area contributed by atoms with E-state index in [0.717, 1.165) is 5.56 Å². The summed E-state index contributed by atoms with van der Waals surface area (Å²) in [6.07, 6.45) is 0. The Morgan fingerprint density at radius 1 is 1.32 bits per heavy atom. The van der Waals surface area contributed by atoms with Crippen LogP contribution in [0.5, 0.6) is 0 Å². The first-order valence-corrected chi connectivity index (χ1v) is 6.14. The minimum absolute atomic E-state index is 0.151. The van der Waals surface area contributed by atoms with Crippen LogP contribution in [0.1, 0.15) is 29.8 Å². The number of hydrogen-bond acceptors (Lipinski definition) is 4. The SMILES string of the molecule is COC(=O)c1ccccc1CN(CC(N)=O)C(C)C. The van der Waals surface area contributed by atoms with E-state index in [4.69, 9.17) is 10.5 Å². The molecular weight excluding hydrogens is 244 g/mol. The lowest BCUT2D eigenvalue weighted by Crippen LogP contribution is -2.38. The summed E-state index contributed by atoms with van der Waals surface area (Å²) in [7, 11) is 1.35. The van der Waals surface area contributed by atoms with E-state index < -0.39 is 0 Å². The Labute approximate surface area is 113 Å². The summed E-state index contributed by atoms with van der Waals surface area (Å²) < 4.78 is 4.75. The number of rotatable bonds is 6. The van der Waals surface area contributed by atoms with Crippen molar-refractivity contribution < 1.29 is 14.3 Å². The minimum Gasteiger partial charge on any atom is -0.465 e. The number of amides is 1. The molecule has 2 N–H and O–H groups in total. The Morgan fingerprint density at radius 2 is 1.95 bits per heavy atom. The zero-order chi connectivity index (χ0) is 14.4. The number of nitrogens with zero attached hydrogens (tertiary/aromatic N) is 1. The van der Waals surface area contributed by atoms with Crippen LogP contribution >= 0.6 is 0 Å². The molecule has 1 amide bonds. The van der Waals surface area contributed by atoms with Crippen LogP contribution in [0.15, 0.2) is 24.3 Å². The highest BCUT2D eigenvalue weighted by atomic mass is 16.5. The monoisotopic (exact) mass is 264 g/mol. The Kier molecular flexibility index (Phi) is 5.51. The van der Waals surface area contributed by atoms with Crippen LogP contribution in [-0.2, 0) is 16.1 Å². The third kappa shape index (κ3) is 4.37. The molecule has 0 saturated carbocycles. The smallest absolute Gasteiger partial charge is 0.338 e. The van der Waals surface area contributed by atoms with Crippen molar-refractivity contribution in [3.8, 4) is 0 Å². The molecule has 0 fully saturated rings. The molecule has 19 heavy (non-hydrogen) atoms. The van der Waals surface area contributed by atoms with Gasteiger partial charge in [-0.05, 0) is 25.5 Å². The normalized spacial score (nSPS) is 10.8. The van der Waals surface area contributed by atoms with Gasteiger partial charge in [0.1, 0.15) is 0 Å². The van der Waals surface area contributed by atoms with Crippen molar-refractivity contribution in [2.24, 2.45) is 5.73 Å². The lowest BCUT2D eigenvalue weighted by atomic mass is 10.1. The van der Waals surface area contributed by atoms with Crippen LogP contribution in [0, 0.1) is 0 Å². The summed E-state index contributed by atoms with van der Waals surface area (Å²) in [6.45, 7) is 4.59. The predicted molar refractivity (Wildman–Crippen MR) is 72.5 cm³/mol. The molecule has 5 heteroatoms. The average Bonchev–Trinajstić information content (AvgIpc) is 2.37. The van der Waals surface area contributed by atoms with Gasteiger partial charge in [0.2, 0.25) is 5.91 Å². The van der Waals surface area contributed by atoms with E-state index in [2.05, 4.69) is 0 Å². The first kappa shape index (κ1) is 15.2. The summed E-state index contributed by atoms with van der Waals surface area (Å²) in [4.78, 5) is 24.7. The highest BCUT2D eigenvalue weighted by Gasteiger charge is 2.17. The van der Waals surface area contributed by atoms with Gasteiger partial charge in [-0.2, -0.15) is 0 Å². The van der Waals surface area contributed by atoms with Crippen molar-refractivity contribution in [2.45, 2.75) is 26.4 Å². The predicted octanol–water partition coefficient (Wildman–Crippen LogP) is 1.17. The molecule has 0 radical (unpaired) electrons. The number of ether oxygens (including phenoxy) is 1. The number of benzene rings is 1. The molecule has 1 aromatic rings. The quantitative estimate of drug-likeness (QED) is 0.783. The molecule has 1 aromatic carbocycles. The molecule has 0 saturated heterocycles. The second kappa shape index (κ2) is 6.89. The average molecular weight is 264 g/mol. The van der Waals surface area contributed by atoms with Crippen molar-refractivity contribution in [1.82, 2.24) is 4.90 Å². The standard InChI is InChI=1S/C14H20N2O3/c1-10(2)16(9-13(15)17)8-11-6-4-5-7-12(11)14(18)19-3/h4-7,10H,8-9H2,1-3H3,(H2,15,17). The highest BCUT2D eigenvalue weighted by molar-refractivity contribution is 5.91. The largest absolute Gasteiger partial charge is 0.465 e. The van der Waals surface area contributed by atoms with Gasteiger partial charge in [0.05, 0.1) is 19.2 Å². The molecule has 0 aliphatic rings. The second-order valence-electron chi connectivity index (χ2n) is 4.61. The number of primary amides is 1. The Hall–Kier alpha value is -1.88. The zero-order valence-electron chi connectivity index (χ0n) is 11.6. The molecule has 0 unspecified atom stereocenters. The molecule has 0 heterocycles. The molecular formula is C14H20N2O3. The Bertz CT molecular complexity index is 458. The number of carbonyl (C=O) groups excluding carboxylic acids is 2. The number of carbonyl (C=O) groups is 2. The van der Waals surface area contributed by atoms with E-state index in [0.29, 0.717) is 12.1 Å². The van der Waals surface area contributed by atoms with E-state index in [1.807, 2.05) is 30.9 Å². The van der Waals surface area contributed by atoms with Gasteiger partial charge in [0.25, 0.3) is 0 Å². The van der Waals surface area contributed by atoms with Crippen molar-refractivity contribution >= 4 is 11.9 Å². The van der Waals surface area contributed by atoms with E-state index in [-0.39, 0.29) is 24.5 Å². The topological polar surface area (TPSA) is 72.6 Å². The molecule has 0 aliphatic heterocycles. The molecule has 1 rings (SSSR count). The van der Waals surface area contributed by atoms with Gasteiger partial charge >= 0.3 is 5.97 Å². The fourth-order valence-electron chi connectivity index (χ4n) is 1.81. The maximum atomic E-state index is 11.7. The zero-order valence-corrected chi connectivity index (χ0v) is 11.6. The highest BCUT2D eigenvalue weighted by Crippen LogP contribution is 2.14. The fraction of sp³-hybridized carbons (Fsp3) is 0.429. The molecule has 0 atom stereocenters. The van der Waals surface area contributed by atoms with Gasteiger partial charge in [-0.25, -0.2) is 4.79 Å². The number of nitrogens with two attached hydrogens (primary N) is 1. The molecule has 0 spiro atoms. The van der Waals surface area contributed by atoms with Crippen LogP contribution in [0.25, 0.3) is 0 Å². The van der Waals surface area contributed by atoms with Gasteiger partial charge in [0.15, 0.2) is 0 Å². The van der Waals surface area contributed by atoms with Crippen LogP contribution in [0.2, 0.25) is 0 Å². The van der Waals surface area contributed by atoms with E-state index in [1.165, 1.54) is 7.11 Å². The van der Waals surface area contributed by atoms with Gasteiger partial charge in [0, 0.05) is 12.6 Å². The number of hydrogen-bond donors (Lipinski definition) is 1. The number of esters is 1. The van der Waals surface area contributed by atoms with Gasteiger partial charge in [-0.3, -0.25) is 9.69 Å². The summed E-state index contributed by atoms with van der Waals surface area (Å²) in [5, 5.41) is 0. The number of methoxy groups -OCH3 is 1. The molecule has 0 bridgehead atoms. The van der Waals surface area contributed by atoms with Crippen molar-refractivity contribution in [2.75, 3.05) is 13.7 Å². The maximum Gasteiger partial charge on any atom is 0.338 e. The third-order valence-electron chi connectivity index (χ3n) is 2.89. The van der Waals surface area contributed by atoms with E-state index in [1.54, 1.807) is 12.1 Å². The Morgan fingerprint density at radius 3 is 2.47 bits per heavy atom. The Balaban J connectivity index is 2.96. The first-order chi connectivity index (χ1) is 8.95. The van der Waals surface area contributed by atoms with Crippen molar-refractivity contribution in [3.05, 3.63) is 35.4 Å². The van der Waals surface area contributed by atoms with E-state index in [9.17, 15) is 9.59 Å². The summed E-state index contributed by atoms with van der Waals surface area (Å²) in [5.74, 6) is -0.761. The third-order valence-corrected chi connectivity index (χ3v) is 2.89. The van der Waals surface area contributed by atoms with Crippen molar-refractivity contribution in [1.29, 1.82) is 0 Å². The van der Waals surface area contributed by atoms with Crippen molar-refractivity contribution in [3.63, 3.8) is 0 Å². The summed E-state index contributed by atoms with van der Waals surface area (Å²) in [5.41, 5.74) is 6.57. The van der Waals surface area contributed by atoms with E-state index >= 15 is 0 Å². The maximum absolute atomic E-state index is 11.7. The van der Waals surface area contributed by atoms with Crippen LogP contribution in [0.3, 0.4) is 0 Å². The lowest BCUT2D eigenvalue weighted by Gasteiger charge is -2.25. The molecule has 0 aromatic heterocycles. The van der Waals surface area contributed by atoms with Gasteiger partial charge in [-0.15, -0.1) is 0 Å². The minimum atomic E-state index is -0.385. The molecule has 5 nitrogen and oxygen atoms in total. The summed E-state index contributed by atoms with van der Waals surface area (Å²) >= 11 is 0. The fourth-order valence-corrected chi connectivity index (χ4v) is 1.81. The van der Waals surface area contributed by atoms with Gasteiger partial charge in [-0.1, -0.05) is 18.2 Å². The lowest BCUT2D eigenvalue weighted by molar-refractivity contribution is -0.119. The van der Waals surface area contributed by atoms with Gasteiger partial charge < -0.3 is 10.5 Å². The van der Waals surface area contributed by atoms with Crippen LogP contribution in [0.4, 0.5) is 0 Å². The molecule has 104 valence electrons.